The number of imidazole rings is 1. The van der Waals surface area contributed by atoms with E-state index in [-0.39, 0.29) is 11.2 Å². The number of hydrogen-bond acceptors (Lipinski definition) is 4. The highest BCUT2D eigenvalue weighted by Crippen LogP contribution is 2.20. The van der Waals surface area contributed by atoms with Crippen LogP contribution in [-0.4, -0.2) is 31.8 Å². The lowest BCUT2D eigenvalue weighted by atomic mass is 10.4. The van der Waals surface area contributed by atoms with Gasteiger partial charge in [0, 0.05) is 38.8 Å². The highest BCUT2D eigenvalue weighted by Gasteiger charge is 2.20. The fourth-order valence-corrected chi connectivity index (χ4v) is 2.64. The zero-order valence-electron chi connectivity index (χ0n) is 14.1. The highest BCUT2D eigenvalue weighted by atomic mass is 35.5. The number of fused-ring (bicyclic) bond motifs is 1. The number of aryl methyl sites for hydroxylation is 1. The van der Waals surface area contributed by atoms with Gasteiger partial charge in [-0.3, -0.25) is 13.9 Å². The maximum absolute atomic E-state index is 12.6. The minimum absolute atomic E-state index is 0.352. The van der Waals surface area contributed by atoms with Crippen LogP contribution in [0.2, 0.25) is 0 Å². The molecular weight excluding hydrogens is 318 g/mol. The van der Waals surface area contributed by atoms with Crippen LogP contribution >= 0.6 is 11.6 Å². The Morgan fingerprint density at radius 2 is 1.83 bits per heavy atom. The Labute approximate surface area is 139 Å². The molecule has 0 spiro atoms. The molecule has 0 saturated carbocycles. The van der Waals surface area contributed by atoms with Crippen molar-refractivity contribution >= 4 is 28.7 Å². The molecule has 2 rings (SSSR count). The van der Waals surface area contributed by atoms with E-state index in [1.807, 2.05) is 29.4 Å². The Balaban J connectivity index is 2.90. The number of nitrogens with zero attached hydrogens (tertiary/aromatic N) is 5. The van der Waals surface area contributed by atoms with Crippen molar-refractivity contribution in [1.82, 2.24) is 18.7 Å². The van der Waals surface area contributed by atoms with Crippen LogP contribution in [0.15, 0.2) is 20.7 Å². The van der Waals surface area contributed by atoms with Gasteiger partial charge in [0.05, 0.1) is 0 Å². The Hall–Kier alpha value is -2.02. The third kappa shape index (κ3) is 2.93. The van der Waals surface area contributed by atoms with Crippen molar-refractivity contribution in [3.8, 4) is 0 Å². The lowest BCUT2D eigenvalue weighted by molar-refractivity contribution is 0.702. The van der Waals surface area contributed by atoms with E-state index in [1.165, 1.54) is 11.6 Å². The minimum Gasteiger partial charge on any atom is -0.343 e. The lowest BCUT2D eigenvalue weighted by Crippen LogP contribution is -2.37. The van der Waals surface area contributed by atoms with Crippen LogP contribution in [0.5, 0.6) is 0 Å². The summed E-state index contributed by atoms with van der Waals surface area (Å²) in [4.78, 5) is 31.3. The first-order valence-corrected chi connectivity index (χ1v) is 7.94. The second-order valence-corrected chi connectivity index (χ2v) is 5.96. The molecule has 8 heteroatoms. The molecule has 0 aliphatic carbocycles. The maximum Gasteiger partial charge on any atom is 0.332 e. The van der Waals surface area contributed by atoms with E-state index in [1.54, 1.807) is 14.0 Å². The topological polar surface area (TPSA) is 65.1 Å². The molecule has 2 heterocycles. The first-order chi connectivity index (χ1) is 10.8. The molecule has 2 aromatic rings. The number of rotatable bonds is 5. The molecule has 0 fully saturated rings. The quantitative estimate of drug-likeness (QED) is 0.826. The van der Waals surface area contributed by atoms with Gasteiger partial charge in [0.1, 0.15) is 0 Å². The van der Waals surface area contributed by atoms with Crippen LogP contribution in [0, 0.1) is 0 Å². The predicted molar refractivity (Wildman–Crippen MR) is 93.4 cm³/mol. The summed E-state index contributed by atoms with van der Waals surface area (Å²) in [5.41, 5.74) is 0.0586. The largest absolute Gasteiger partial charge is 0.343 e. The van der Waals surface area contributed by atoms with E-state index in [0.29, 0.717) is 28.7 Å². The predicted octanol–water partition coefficient (Wildman–Crippen LogP) is 1.42. The summed E-state index contributed by atoms with van der Waals surface area (Å²) in [5, 5.41) is 0.638. The Bertz CT molecular complexity index is 867. The standard InChI is InChI=1S/C15H22ClN5O2/c1-6-20(7-2)14-17-12-11(21(14)9-8-10(3)16)13(22)19(5)15(23)18(12)4/h8H,6-7,9H2,1-5H3. The van der Waals surface area contributed by atoms with Crippen molar-refractivity contribution in [3.63, 3.8) is 0 Å². The van der Waals surface area contributed by atoms with Gasteiger partial charge in [0.25, 0.3) is 5.56 Å². The number of hydrogen-bond donors (Lipinski definition) is 0. The normalized spacial score (nSPS) is 12.2. The molecule has 0 radical (unpaired) electrons. The highest BCUT2D eigenvalue weighted by molar-refractivity contribution is 6.29. The van der Waals surface area contributed by atoms with Gasteiger partial charge < -0.3 is 9.47 Å². The smallest absolute Gasteiger partial charge is 0.332 e. The van der Waals surface area contributed by atoms with Gasteiger partial charge in [-0.2, -0.15) is 4.98 Å². The molecule has 0 saturated heterocycles. The second kappa shape index (κ2) is 6.62. The minimum atomic E-state index is -0.387. The van der Waals surface area contributed by atoms with Crippen LogP contribution in [0.25, 0.3) is 11.2 Å². The molecule has 0 aromatic carbocycles. The number of aromatic nitrogens is 4. The van der Waals surface area contributed by atoms with Gasteiger partial charge in [0.2, 0.25) is 5.95 Å². The molecule has 0 unspecified atom stereocenters. The summed E-state index contributed by atoms with van der Waals surface area (Å²) >= 11 is 5.95. The number of allylic oxidation sites excluding steroid dienone is 2. The Morgan fingerprint density at radius 1 is 1.22 bits per heavy atom. The first-order valence-electron chi connectivity index (χ1n) is 7.56. The maximum atomic E-state index is 12.6. The van der Waals surface area contributed by atoms with Gasteiger partial charge in [-0.15, -0.1) is 0 Å². The molecule has 0 N–H and O–H groups in total. The monoisotopic (exact) mass is 339 g/mol. The van der Waals surface area contributed by atoms with Gasteiger partial charge in [0.15, 0.2) is 11.2 Å². The third-order valence-electron chi connectivity index (χ3n) is 3.93. The SMILES string of the molecule is CCN(CC)c1nc2c(c(=O)n(C)c(=O)n2C)n1CC=C(C)Cl. The molecular formula is C15H22ClN5O2. The second-order valence-electron chi connectivity index (χ2n) is 5.36. The number of halogens is 1. The van der Waals surface area contributed by atoms with E-state index in [9.17, 15) is 9.59 Å². The molecule has 2 aromatic heterocycles. The zero-order chi connectivity index (χ0) is 17.3. The van der Waals surface area contributed by atoms with E-state index < -0.39 is 0 Å². The fourth-order valence-electron chi connectivity index (χ4n) is 2.57. The molecule has 0 atom stereocenters. The average molecular weight is 340 g/mol. The van der Waals surface area contributed by atoms with Crippen molar-refractivity contribution in [2.45, 2.75) is 27.3 Å². The van der Waals surface area contributed by atoms with Gasteiger partial charge in [-0.25, -0.2) is 4.79 Å². The van der Waals surface area contributed by atoms with Crippen molar-refractivity contribution in [3.05, 3.63) is 31.9 Å². The van der Waals surface area contributed by atoms with Crippen LogP contribution in [0.1, 0.15) is 20.8 Å². The first kappa shape index (κ1) is 17.3. The van der Waals surface area contributed by atoms with E-state index in [0.717, 1.165) is 17.7 Å². The summed E-state index contributed by atoms with van der Waals surface area (Å²) in [7, 11) is 3.09. The molecule has 0 aliphatic heterocycles. The fraction of sp³-hybridized carbons (Fsp3) is 0.533. The van der Waals surface area contributed by atoms with Crippen LogP contribution < -0.4 is 16.1 Å². The molecule has 0 aliphatic rings. The van der Waals surface area contributed by atoms with Crippen molar-refractivity contribution in [1.29, 1.82) is 0 Å². The van der Waals surface area contributed by atoms with Gasteiger partial charge >= 0.3 is 5.69 Å². The van der Waals surface area contributed by atoms with Crippen LogP contribution in [0.3, 0.4) is 0 Å². The van der Waals surface area contributed by atoms with E-state index in [4.69, 9.17) is 11.6 Å². The van der Waals surface area contributed by atoms with Crippen LogP contribution in [-0.2, 0) is 20.6 Å². The van der Waals surface area contributed by atoms with Crippen LogP contribution in [0.4, 0.5) is 5.95 Å². The third-order valence-corrected chi connectivity index (χ3v) is 4.08. The van der Waals surface area contributed by atoms with E-state index >= 15 is 0 Å². The zero-order valence-corrected chi connectivity index (χ0v) is 14.9. The molecule has 0 amide bonds. The van der Waals surface area contributed by atoms with Crippen molar-refractivity contribution in [2.24, 2.45) is 14.1 Å². The molecule has 0 bridgehead atoms. The van der Waals surface area contributed by atoms with Crippen molar-refractivity contribution < 1.29 is 0 Å². The van der Waals surface area contributed by atoms with E-state index in [2.05, 4.69) is 4.98 Å². The lowest BCUT2D eigenvalue weighted by Gasteiger charge is -2.20. The molecule has 7 nitrogen and oxygen atoms in total. The molecule has 126 valence electrons. The number of anilines is 1. The summed E-state index contributed by atoms with van der Waals surface area (Å²) in [6.45, 7) is 7.74. The Kier molecular flexibility index (Phi) is 4.99. The molecule has 23 heavy (non-hydrogen) atoms. The van der Waals surface area contributed by atoms with Crippen molar-refractivity contribution in [2.75, 3.05) is 18.0 Å². The summed E-state index contributed by atoms with van der Waals surface area (Å²) < 4.78 is 4.32. The summed E-state index contributed by atoms with van der Waals surface area (Å²) in [5.74, 6) is 0.664. The summed E-state index contributed by atoms with van der Waals surface area (Å²) in [6, 6.07) is 0. The van der Waals surface area contributed by atoms with Gasteiger partial charge in [-0.05, 0) is 20.8 Å². The summed E-state index contributed by atoms with van der Waals surface area (Å²) in [6.07, 6.45) is 1.82. The Morgan fingerprint density at radius 3 is 2.35 bits per heavy atom. The average Bonchev–Trinajstić information content (AvgIpc) is 2.89. The van der Waals surface area contributed by atoms with Gasteiger partial charge in [-0.1, -0.05) is 17.7 Å².